The highest BCUT2D eigenvalue weighted by Gasteiger charge is 2.18. The minimum Gasteiger partial charge on any atom is -0.454 e. The zero-order valence-corrected chi connectivity index (χ0v) is 12.6. The molecule has 0 fully saturated rings. The number of furan rings is 1. The maximum absolute atomic E-state index is 12.3. The van der Waals surface area contributed by atoms with Crippen LogP contribution in [0.3, 0.4) is 0 Å². The van der Waals surface area contributed by atoms with Gasteiger partial charge < -0.3 is 14.3 Å². The number of hydrogen-bond donors (Lipinski definition) is 1. The molecule has 1 aliphatic heterocycles. The Bertz CT molecular complexity index is 816. The molecule has 0 bridgehead atoms. The van der Waals surface area contributed by atoms with Crippen molar-refractivity contribution in [3.8, 4) is 0 Å². The molecule has 0 aromatic carbocycles. The van der Waals surface area contributed by atoms with E-state index in [1.54, 1.807) is 29.2 Å². The Labute approximate surface area is 132 Å². The molecule has 0 radical (unpaired) electrons. The van der Waals surface area contributed by atoms with E-state index in [2.05, 4.69) is 20.0 Å². The predicted molar refractivity (Wildman–Crippen MR) is 83.2 cm³/mol. The first-order valence-electron chi connectivity index (χ1n) is 7.71. The first-order chi connectivity index (χ1) is 11.3. The lowest BCUT2D eigenvalue weighted by Gasteiger charge is -2.16. The molecule has 23 heavy (non-hydrogen) atoms. The highest BCUT2D eigenvalue weighted by molar-refractivity contribution is 6.01. The first kappa shape index (κ1) is 13.8. The standard InChI is InChI=1S/C16H17N5O2/c22-16(19-15-10-17-14-4-1-2-9-21(14)15)13-6-5-12(23-13)11-20-8-3-7-18-20/h3,5-8,10H,1-2,4,9,11H2,(H,19,22). The molecule has 7 nitrogen and oxygen atoms in total. The minimum atomic E-state index is -0.259. The van der Waals surface area contributed by atoms with Crippen molar-refractivity contribution in [3.63, 3.8) is 0 Å². The minimum absolute atomic E-state index is 0.259. The van der Waals surface area contributed by atoms with Gasteiger partial charge in [-0.2, -0.15) is 5.10 Å². The summed E-state index contributed by atoms with van der Waals surface area (Å²) >= 11 is 0. The molecule has 4 heterocycles. The average molecular weight is 311 g/mol. The first-order valence-corrected chi connectivity index (χ1v) is 7.71. The number of carbonyl (C=O) groups excluding carboxylic acids is 1. The molecule has 0 saturated heterocycles. The second-order valence-electron chi connectivity index (χ2n) is 5.59. The number of fused-ring (bicyclic) bond motifs is 1. The van der Waals surface area contributed by atoms with Gasteiger partial charge in [-0.3, -0.25) is 9.48 Å². The van der Waals surface area contributed by atoms with Crippen molar-refractivity contribution in [1.29, 1.82) is 0 Å². The van der Waals surface area contributed by atoms with Crippen LogP contribution in [-0.2, 0) is 19.5 Å². The van der Waals surface area contributed by atoms with Crippen molar-refractivity contribution in [2.75, 3.05) is 5.32 Å². The van der Waals surface area contributed by atoms with Crippen molar-refractivity contribution in [3.05, 3.63) is 54.1 Å². The van der Waals surface area contributed by atoms with Crippen LogP contribution in [0.15, 0.2) is 41.2 Å². The molecule has 1 amide bonds. The number of nitrogens with one attached hydrogen (secondary N) is 1. The number of aromatic nitrogens is 4. The molecule has 0 spiro atoms. The molecule has 1 aliphatic rings. The molecule has 118 valence electrons. The predicted octanol–water partition coefficient (Wildman–Crippen LogP) is 2.31. The maximum atomic E-state index is 12.3. The Balaban J connectivity index is 1.47. The van der Waals surface area contributed by atoms with Gasteiger partial charge in [0.15, 0.2) is 5.76 Å². The topological polar surface area (TPSA) is 77.9 Å². The molecule has 0 atom stereocenters. The quantitative estimate of drug-likeness (QED) is 0.802. The third kappa shape index (κ3) is 2.77. The third-order valence-electron chi connectivity index (χ3n) is 3.97. The fourth-order valence-electron chi connectivity index (χ4n) is 2.83. The summed E-state index contributed by atoms with van der Waals surface area (Å²) in [5, 5.41) is 7.00. The summed E-state index contributed by atoms with van der Waals surface area (Å²) in [6, 6.07) is 5.32. The highest BCUT2D eigenvalue weighted by atomic mass is 16.4. The molecule has 1 N–H and O–H groups in total. The van der Waals surface area contributed by atoms with E-state index >= 15 is 0 Å². The van der Waals surface area contributed by atoms with Gasteiger partial charge in [0.05, 0.1) is 12.7 Å². The van der Waals surface area contributed by atoms with Crippen molar-refractivity contribution in [2.45, 2.75) is 32.4 Å². The van der Waals surface area contributed by atoms with Crippen LogP contribution >= 0.6 is 0 Å². The summed E-state index contributed by atoms with van der Waals surface area (Å²) in [5.41, 5.74) is 0. The largest absolute Gasteiger partial charge is 0.454 e. The van der Waals surface area contributed by atoms with Gasteiger partial charge in [0, 0.05) is 25.4 Å². The molecular weight excluding hydrogens is 294 g/mol. The van der Waals surface area contributed by atoms with Gasteiger partial charge >= 0.3 is 0 Å². The number of aryl methyl sites for hydroxylation is 1. The summed E-state index contributed by atoms with van der Waals surface area (Å²) < 4.78 is 9.42. The van der Waals surface area contributed by atoms with Gasteiger partial charge in [0.2, 0.25) is 0 Å². The van der Waals surface area contributed by atoms with Gasteiger partial charge in [0.25, 0.3) is 5.91 Å². The van der Waals surface area contributed by atoms with E-state index in [0.717, 1.165) is 37.4 Å². The van der Waals surface area contributed by atoms with Gasteiger partial charge in [-0.05, 0) is 31.0 Å². The lowest BCUT2D eigenvalue weighted by molar-refractivity contribution is 0.0993. The van der Waals surface area contributed by atoms with Crippen molar-refractivity contribution < 1.29 is 9.21 Å². The number of carbonyl (C=O) groups is 1. The van der Waals surface area contributed by atoms with Crippen LogP contribution < -0.4 is 5.32 Å². The fraction of sp³-hybridized carbons (Fsp3) is 0.312. The Hall–Kier alpha value is -2.83. The van der Waals surface area contributed by atoms with Gasteiger partial charge in [-0.1, -0.05) is 0 Å². The van der Waals surface area contributed by atoms with E-state index < -0.39 is 0 Å². The van der Waals surface area contributed by atoms with Crippen LogP contribution in [0.5, 0.6) is 0 Å². The van der Waals surface area contributed by atoms with Crippen LogP contribution in [-0.4, -0.2) is 25.2 Å². The summed E-state index contributed by atoms with van der Waals surface area (Å²) in [4.78, 5) is 16.7. The van der Waals surface area contributed by atoms with Crippen LogP contribution in [0.2, 0.25) is 0 Å². The lowest BCUT2D eigenvalue weighted by atomic mass is 10.2. The summed E-state index contributed by atoms with van der Waals surface area (Å²) in [5.74, 6) is 2.48. The van der Waals surface area contributed by atoms with E-state index in [1.165, 1.54) is 0 Å². The number of rotatable bonds is 4. The summed E-state index contributed by atoms with van der Waals surface area (Å²) in [6.45, 7) is 1.40. The average Bonchev–Trinajstić information content (AvgIpc) is 3.29. The number of amides is 1. The normalized spacial score (nSPS) is 13.7. The third-order valence-corrected chi connectivity index (χ3v) is 3.97. The van der Waals surface area contributed by atoms with E-state index in [9.17, 15) is 4.79 Å². The smallest absolute Gasteiger partial charge is 0.292 e. The Morgan fingerprint density at radius 2 is 2.30 bits per heavy atom. The second kappa shape index (κ2) is 5.75. The number of anilines is 1. The van der Waals surface area contributed by atoms with Crippen molar-refractivity contribution >= 4 is 11.7 Å². The molecule has 3 aromatic heterocycles. The number of nitrogens with zero attached hydrogens (tertiary/aromatic N) is 4. The SMILES string of the molecule is O=C(Nc1cnc2n1CCCC2)c1ccc(Cn2cccn2)o1. The molecule has 4 rings (SSSR count). The molecule has 7 heteroatoms. The van der Waals surface area contributed by atoms with Gasteiger partial charge in [-0.15, -0.1) is 0 Å². The van der Waals surface area contributed by atoms with Crippen LogP contribution in [0, 0.1) is 0 Å². The Morgan fingerprint density at radius 1 is 1.35 bits per heavy atom. The molecule has 0 aliphatic carbocycles. The zero-order valence-electron chi connectivity index (χ0n) is 12.6. The van der Waals surface area contributed by atoms with Gasteiger partial charge in [0.1, 0.15) is 17.4 Å². The van der Waals surface area contributed by atoms with Crippen LogP contribution in [0.4, 0.5) is 5.82 Å². The number of hydrogen-bond acceptors (Lipinski definition) is 4. The summed E-state index contributed by atoms with van der Waals surface area (Å²) in [7, 11) is 0. The highest BCUT2D eigenvalue weighted by Crippen LogP contribution is 2.20. The van der Waals surface area contributed by atoms with E-state index in [0.29, 0.717) is 18.1 Å². The Kier molecular flexibility index (Phi) is 3.45. The van der Waals surface area contributed by atoms with E-state index in [-0.39, 0.29) is 5.91 Å². The molecule has 0 saturated carbocycles. The number of imidazole rings is 1. The summed E-state index contributed by atoms with van der Waals surface area (Å²) in [6.07, 6.45) is 8.50. The van der Waals surface area contributed by atoms with Crippen LogP contribution in [0.25, 0.3) is 0 Å². The monoisotopic (exact) mass is 311 g/mol. The second-order valence-corrected chi connectivity index (χ2v) is 5.59. The zero-order chi connectivity index (χ0) is 15.6. The maximum Gasteiger partial charge on any atom is 0.292 e. The molecule has 0 unspecified atom stereocenters. The molecular formula is C16H17N5O2. The van der Waals surface area contributed by atoms with Gasteiger partial charge in [-0.25, -0.2) is 4.98 Å². The van der Waals surface area contributed by atoms with Crippen LogP contribution in [0.1, 0.15) is 35.0 Å². The van der Waals surface area contributed by atoms with Crippen molar-refractivity contribution in [1.82, 2.24) is 19.3 Å². The Morgan fingerprint density at radius 3 is 3.17 bits per heavy atom. The molecule has 3 aromatic rings. The lowest BCUT2D eigenvalue weighted by Crippen LogP contribution is -2.17. The fourth-order valence-corrected chi connectivity index (χ4v) is 2.83. The van der Waals surface area contributed by atoms with E-state index in [4.69, 9.17) is 4.42 Å². The van der Waals surface area contributed by atoms with E-state index in [1.807, 2.05) is 12.3 Å². The van der Waals surface area contributed by atoms with Crippen molar-refractivity contribution in [2.24, 2.45) is 0 Å².